The summed E-state index contributed by atoms with van der Waals surface area (Å²) < 4.78 is 55.2. The Kier molecular flexibility index (Phi) is 3.43. The van der Waals surface area contributed by atoms with E-state index in [-0.39, 0.29) is 33.7 Å². The summed E-state index contributed by atoms with van der Waals surface area (Å²) in [5, 5.41) is 10.2. The molecule has 0 radical (unpaired) electrons. The van der Waals surface area contributed by atoms with Gasteiger partial charge in [0.25, 0.3) is 5.91 Å². The van der Waals surface area contributed by atoms with E-state index in [0.717, 1.165) is 12.1 Å². The first-order valence-corrected chi connectivity index (χ1v) is 7.37. The van der Waals surface area contributed by atoms with E-state index in [1.807, 2.05) is 0 Å². The van der Waals surface area contributed by atoms with Crippen LogP contribution in [0.4, 0.5) is 17.6 Å². The van der Waals surface area contributed by atoms with E-state index in [1.165, 1.54) is 24.3 Å². The average Bonchev–Trinajstić information content (AvgIpc) is 3.12. The minimum atomic E-state index is -1.24. The van der Waals surface area contributed by atoms with Crippen molar-refractivity contribution in [2.45, 2.75) is 0 Å². The van der Waals surface area contributed by atoms with Gasteiger partial charge in [-0.15, -0.1) is 0 Å². The number of nitrogens with one attached hydrogen (secondary N) is 1. The van der Waals surface area contributed by atoms with E-state index in [9.17, 15) is 27.5 Å². The molecule has 0 fully saturated rings. The third kappa shape index (κ3) is 2.15. The molecule has 26 heavy (non-hydrogen) atoms. The zero-order chi connectivity index (χ0) is 18.6. The van der Waals surface area contributed by atoms with E-state index in [4.69, 9.17) is 0 Å². The van der Waals surface area contributed by atoms with E-state index in [0.29, 0.717) is 0 Å². The molecule has 3 aromatic rings. The second kappa shape index (κ2) is 5.55. The third-order valence-corrected chi connectivity index (χ3v) is 4.07. The standard InChI is InChI=1S/C18H8F4N2O2/c19-9-5-1-3-7(13(9)21)15-11-12(18(26)23-15)16(24-17(11)25)8-4-2-6-10(20)14(8)22/h1-6,23,26H. The number of fused-ring (bicyclic) bond motifs is 1. The zero-order valence-electron chi connectivity index (χ0n) is 12.8. The van der Waals surface area contributed by atoms with Crippen molar-refractivity contribution in [1.29, 1.82) is 0 Å². The molecule has 1 aliphatic rings. The van der Waals surface area contributed by atoms with Crippen molar-refractivity contribution < 1.29 is 27.5 Å². The number of hydrogen-bond acceptors (Lipinski definition) is 2. The predicted octanol–water partition coefficient (Wildman–Crippen LogP) is 3.93. The van der Waals surface area contributed by atoms with Crippen molar-refractivity contribution in [2.24, 2.45) is 4.99 Å². The molecule has 1 aliphatic heterocycles. The zero-order valence-corrected chi connectivity index (χ0v) is 12.8. The van der Waals surface area contributed by atoms with Crippen LogP contribution in [-0.4, -0.2) is 21.7 Å². The maximum absolute atomic E-state index is 14.1. The van der Waals surface area contributed by atoms with Crippen LogP contribution in [0.25, 0.3) is 11.3 Å². The van der Waals surface area contributed by atoms with Crippen LogP contribution >= 0.6 is 0 Å². The Morgan fingerprint density at radius 2 is 1.42 bits per heavy atom. The van der Waals surface area contributed by atoms with Gasteiger partial charge < -0.3 is 10.1 Å². The number of aromatic amines is 1. The van der Waals surface area contributed by atoms with Gasteiger partial charge >= 0.3 is 0 Å². The van der Waals surface area contributed by atoms with Gasteiger partial charge in [-0.1, -0.05) is 12.1 Å². The van der Waals surface area contributed by atoms with Crippen LogP contribution in [0.3, 0.4) is 0 Å². The highest BCUT2D eigenvalue weighted by Crippen LogP contribution is 2.39. The molecule has 0 saturated heterocycles. The van der Waals surface area contributed by atoms with Crippen LogP contribution in [0.2, 0.25) is 0 Å². The van der Waals surface area contributed by atoms with E-state index in [2.05, 4.69) is 9.98 Å². The Morgan fingerprint density at radius 1 is 0.846 bits per heavy atom. The highest BCUT2D eigenvalue weighted by molar-refractivity contribution is 6.30. The lowest BCUT2D eigenvalue weighted by atomic mass is 9.99. The quantitative estimate of drug-likeness (QED) is 0.680. The number of aromatic hydroxyl groups is 1. The summed E-state index contributed by atoms with van der Waals surface area (Å²) in [6, 6.07) is 6.63. The van der Waals surface area contributed by atoms with Gasteiger partial charge in [-0.2, -0.15) is 0 Å². The summed E-state index contributed by atoms with van der Waals surface area (Å²) in [4.78, 5) is 18.4. The second-order valence-electron chi connectivity index (χ2n) is 5.57. The van der Waals surface area contributed by atoms with Crippen molar-refractivity contribution in [3.05, 3.63) is 76.4 Å². The van der Waals surface area contributed by atoms with E-state index >= 15 is 0 Å². The maximum atomic E-state index is 14.1. The number of amides is 1. The Hall–Kier alpha value is -3.42. The third-order valence-electron chi connectivity index (χ3n) is 4.07. The molecule has 0 bridgehead atoms. The summed E-state index contributed by atoms with van der Waals surface area (Å²) in [5.41, 5.74) is -1.57. The first-order valence-electron chi connectivity index (χ1n) is 7.37. The molecular weight excluding hydrogens is 352 g/mol. The van der Waals surface area contributed by atoms with Gasteiger partial charge in [0.2, 0.25) is 0 Å². The molecule has 2 heterocycles. The van der Waals surface area contributed by atoms with Crippen molar-refractivity contribution >= 4 is 11.6 Å². The number of hydrogen-bond donors (Lipinski definition) is 2. The van der Waals surface area contributed by atoms with Crippen molar-refractivity contribution in [1.82, 2.24) is 4.98 Å². The normalized spacial score (nSPS) is 13.1. The molecular formula is C18H8F4N2O2. The van der Waals surface area contributed by atoms with Crippen LogP contribution in [0, 0.1) is 23.3 Å². The van der Waals surface area contributed by atoms with E-state index in [1.54, 1.807) is 0 Å². The SMILES string of the molecule is O=C1N=C(c2cccc(F)c2F)c2c(O)[nH]c(-c3cccc(F)c3F)c21. The topological polar surface area (TPSA) is 65.4 Å². The summed E-state index contributed by atoms with van der Waals surface area (Å²) >= 11 is 0. The van der Waals surface area contributed by atoms with Gasteiger partial charge in [-0.3, -0.25) is 4.79 Å². The maximum Gasteiger partial charge on any atom is 0.280 e. The lowest BCUT2D eigenvalue weighted by molar-refractivity contribution is 0.101. The highest BCUT2D eigenvalue weighted by Gasteiger charge is 2.35. The lowest BCUT2D eigenvalue weighted by Gasteiger charge is -2.03. The first kappa shape index (κ1) is 16.1. The molecule has 0 saturated carbocycles. The number of halogens is 4. The van der Waals surface area contributed by atoms with Crippen LogP contribution < -0.4 is 0 Å². The molecule has 130 valence electrons. The number of aromatic nitrogens is 1. The molecule has 2 aromatic carbocycles. The van der Waals surface area contributed by atoms with Crippen molar-refractivity contribution in [3.63, 3.8) is 0 Å². The molecule has 0 atom stereocenters. The summed E-state index contributed by atoms with van der Waals surface area (Å²) in [6.45, 7) is 0. The number of carbonyl (C=O) groups excluding carboxylic acids is 1. The summed E-state index contributed by atoms with van der Waals surface area (Å²) in [5.74, 6) is -6.26. The molecule has 0 spiro atoms. The Morgan fingerprint density at radius 3 is 2.08 bits per heavy atom. The van der Waals surface area contributed by atoms with Crippen LogP contribution in [-0.2, 0) is 0 Å². The molecule has 0 unspecified atom stereocenters. The molecule has 1 amide bonds. The molecule has 8 heteroatoms. The van der Waals surface area contributed by atoms with Crippen molar-refractivity contribution in [3.8, 4) is 17.1 Å². The first-order chi connectivity index (χ1) is 12.4. The Labute approximate surface area is 143 Å². The monoisotopic (exact) mass is 360 g/mol. The van der Waals surface area contributed by atoms with Crippen LogP contribution in [0.1, 0.15) is 21.5 Å². The molecule has 0 aliphatic carbocycles. The number of benzene rings is 2. The Bertz CT molecular complexity index is 1120. The minimum absolute atomic E-state index is 0.196. The predicted molar refractivity (Wildman–Crippen MR) is 84.1 cm³/mol. The number of rotatable bonds is 2. The van der Waals surface area contributed by atoms with Crippen molar-refractivity contribution in [2.75, 3.05) is 0 Å². The number of H-pyrrole nitrogens is 1. The van der Waals surface area contributed by atoms with Gasteiger partial charge in [0.05, 0.1) is 22.5 Å². The smallest absolute Gasteiger partial charge is 0.280 e. The fourth-order valence-electron chi connectivity index (χ4n) is 2.93. The van der Waals surface area contributed by atoms with Gasteiger partial charge in [0.1, 0.15) is 0 Å². The van der Waals surface area contributed by atoms with E-state index < -0.39 is 35.1 Å². The van der Waals surface area contributed by atoms with Crippen LogP contribution in [0.5, 0.6) is 5.88 Å². The van der Waals surface area contributed by atoms with Gasteiger partial charge in [-0.05, 0) is 24.3 Å². The van der Waals surface area contributed by atoms with Crippen LogP contribution in [0.15, 0.2) is 41.4 Å². The fraction of sp³-hybridized carbons (Fsp3) is 0. The van der Waals surface area contributed by atoms with Gasteiger partial charge in [0, 0.05) is 11.1 Å². The molecule has 4 rings (SSSR count). The minimum Gasteiger partial charge on any atom is -0.494 e. The van der Waals surface area contributed by atoms with Gasteiger partial charge in [0.15, 0.2) is 29.1 Å². The molecule has 1 aromatic heterocycles. The Balaban J connectivity index is 1.96. The number of nitrogens with zero attached hydrogens (tertiary/aromatic N) is 1. The summed E-state index contributed by atoms with van der Waals surface area (Å²) in [7, 11) is 0. The fourth-order valence-corrected chi connectivity index (χ4v) is 2.93. The number of carbonyl (C=O) groups is 1. The van der Waals surface area contributed by atoms with Gasteiger partial charge in [-0.25, -0.2) is 22.6 Å². The molecule has 2 N–H and O–H groups in total. The molecule has 4 nitrogen and oxygen atoms in total. The second-order valence-corrected chi connectivity index (χ2v) is 5.57. The number of aliphatic imine (C=N–C) groups is 1. The lowest BCUT2D eigenvalue weighted by Crippen LogP contribution is -2.05. The average molecular weight is 360 g/mol. The highest BCUT2D eigenvalue weighted by atomic mass is 19.2. The summed E-state index contributed by atoms with van der Waals surface area (Å²) in [6.07, 6.45) is 0. The largest absolute Gasteiger partial charge is 0.494 e.